The number of amides is 3. The quantitative estimate of drug-likeness (QED) is 0.264. The Morgan fingerprint density at radius 1 is 1.31 bits per heavy atom. The number of benzene rings is 1. The molecule has 0 bridgehead atoms. The van der Waals surface area contributed by atoms with E-state index in [4.69, 9.17) is 26.9 Å². The predicted octanol–water partition coefficient (Wildman–Crippen LogP) is 3.64. The highest BCUT2D eigenvalue weighted by Gasteiger charge is 2.29. The average molecular weight is 472 g/mol. The monoisotopic (exact) mass is 471 g/mol. The number of anilines is 1. The number of nitrogens with one attached hydrogen (secondary N) is 5. The number of halogens is 2. The molecule has 1 unspecified atom stereocenters. The second-order valence-corrected chi connectivity index (χ2v) is 8.91. The van der Waals surface area contributed by atoms with E-state index in [1.165, 1.54) is 6.07 Å². The van der Waals surface area contributed by atoms with Crippen LogP contribution in [-0.4, -0.2) is 46.6 Å². The molecule has 6 N–H and O–H groups in total. The van der Waals surface area contributed by atoms with E-state index in [1.807, 2.05) is 5.43 Å². The first-order valence-corrected chi connectivity index (χ1v) is 10.3. The topological polar surface area (TPSA) is 153 Å². The minimum absolute atomic E-state index is 0.0422. The van der Waals surface area contributed by atoms with Crippen LogP contribution >= 0.6 is 11.6 Å². The summed E-state index contributed by atoms with van der Waals surface area (Å²) in [5.41, 5.74) is 2.17. The van der Waals surface area contributed by atoms with Gasteiger partial charge >= 0.3 is 12.2 Å². The average Bonchev–Trinajstić information content (AvgIpc) is 3.43. The van der Waals surface area contributed by atoms with E-state index in [-0.39, 0.29) is 40.0 Å². The lowest BCUT2D eigenvalue weighted by molar-refractivity contribution is 0.0510. The molecule has 0 aliphatic heterocycles. The van der Waals surface area contributed by atoms with Crippen LogP contribution in [0.1, 0.15) is 62.9 Å². The third kappa shape index (κ3) is 7.26. The van der Waals surface area contributed by atoms with Gasteiger partial charge in [-0.05, 0) is 46.6 Å². The molecular weight excluding hydrogens is 445 g/mol. The summed E-state index contributed by atoms with van der Waals surface area (Å²) in [5, 5.41) is 22.3. The fourth-order valence-electron chi connectivity index (χ4n) is 2.79. The molecule has 2 rings (SSSR count). The smallest absolute Gasteiger partial charge is 0.423 e. The third-order valence-electron chi connectivity index (χ3n) is 4.25. The molecule has 0 radical (unpaired) electrons. The maximum Gasteiger partial charge on any atom is 0.423 e. The molecule has 0 spiro atoms. The van der Waals surface area contributed by atoms with Crippen LogP contribution in [0.15, 0.2) is 6.07 Å². The van der Waals surface area contributed by atoms with Gasteiger partial charge < -0.3 is 25.9 Å². The number of hydrogen-bond donors (Lipinski definition) is 6. The molecule has 32 heavy (non-hydrogen) atoms. The largest absolute Gasteiger partial charge is 0.464 e. The minimum atomic E-state index is -1.49. The number of carboxylic acid groups (broad SMARTS) is 1. The number of hydrazine groups is 1. The molecule has 10 nitrogen and oxygen atoms in total. The van der Waals surface area contributed by atoms with Crippen molar-refractivity contribution in [2.24, 2.45) is 0 Å². The van der Waals surface area contributed by atoms with Gasteiger partial charge in [-0.25, -0.2) is 19.4 Å². The first kappa shape index (κ1) is 25.2. The number of hydrogen-bond acceptors (Lipinski definition) is 6. The van der Waals surface area contributed by atoms with Crippen molar-refractivity contribution in [2.45, 2.75) is 64.6 Å². The van der Waals surface area contributed by atoms with E-state index < -0.39 is 35.6 Å². The highest BCUT2D eigenvalue weighted by atomic mass is 35.5. The van der Waals surface area contributed by atoms with E-state index in [2.05, 4.69) is 10.6 Å². The van der Waals surface area contributed by atoms with Gasteiger partial charge in [0.15, 0.2) is 5.82 Å². The number of alkyl carbamates (subject to hydrolysis) is 1. The second-order valence-electron chi connectivity index (χ2n) is 8.50. The summed E-state index contributed by atoms with van der Waals surface area (Å²) < 4.78 is 20.6. The lowest BCUT2D eigenvalue weighted by Gasteiger charge is -2.22. The SMILES string of the molecule is CC(CC(=N)c1c(Cl)cc(C(=O)NNC(=O)O)c(NC2CC2)c1F)NC(=O)OC(C)(C)C. The van der Waals surface area contributed by atoms with Crippen LogP contribution in [0.25, 0.3) is 0 Å². The number of rotatable bonds is 7. The molecule has 1 fully saturated rings. The normalized spacial score (nSPS) is 14.2. The number of carbonyl (C=O) groups excluding carboxylic acids is 2. The predicted molar refractivity (Wildman–Crippen MR) is 117 cm³/mol. The zero-order valence-electron chi connectivity index (χ0n) is 18.2. The molecule has 1 aliphatic carbocycles. The lowest BCUT2D eigenvalue weighted by atomic mass is 9.99. The summed E-state index contributed by atoms with van der Waals surface area (Å²) in [6, 6.07) is 0.569. The van der Waals surface area contributed by atoms with Crippen LogP contribution < -0.4 is 21.5 Å². The molecule has 1 aromatic rings. The lowest BCUT2D eigenvalue weighted by Crippen LogP contribution is -2.41. The van der Waals surface area contributed by atoms with Crippen molar-refractivity contribution in [1.29, 1.82) is 5.41 Å². The molecule has 1 aliphatic rings. The molecule has 1 saturated carbocycles. The Bertz CT molecular complexity index is 930. The van der Waals surface area contributed by atoms with E-state index in [9.17, 15) is 14.4 Å². The van der Waals surface area contributed by atoms with E-state index in [1.54, 1.807) is 33.1 Å². The van der Waals surface area contributed by atoms with Crippen molar-refractivity contribution < 1.29 is 28.6 Å². The van der Waals surface area contributed by atoms with Crippen molar-refractivity contribution in [3.8, 4) is 0 Å². The molecule has 1 atom stereocenters. The van der Waals surface area contributed by atoms with Crippen LogP contribution in [0, 0.1) is 11.2 Å². The van der Waals surface area contributed by atoms with Gasteiger partial charge in [0.1, 0.15) is 5.60 Å². The van der Waals surface area contributed by atoms with Crippen molar-refractivity contribution in [3.63, 3.8) is 0 Å². The van der Waals surface area contributed by atoms with Gasteiger partial charge in [0.25, 0.3) is 5.91 Å². The molecule has 12 heteroatoms. The molecular formula is C20H27ClFN5O5. The standard InChI is InChI=1S/C20H27ClFN5O5/c1-9(24-19(31)32-20(2,3)4)7-13(23)14-12(21)8-11(17(28)26-27-18(29)30)16(15(14)22)25-10-5-6-10/h8-10,23,25,27H,5-7H2,1-4H3,(H,24,31)(H,26,28)(H,29,30). The van der Waals surface area contributed by atoms with Crippen LogP contribution in [0.4, 0.5) is 19.7 Å². The number of ether oxygens (including phenoxy) is 1. The molecule has 0 heterocycles. The number of carbonyl (C=O) groups is 3. The minimum Gasteiger partial charge on any atom is -0.464 e. The maximum atomic E-state index is 15.4. The summed E-state index contributed by atoms with van der Waals surface area (Å²) in [6.07, 6.45) is -0.657. The van der Waals surface area contributed by atoms with E-state index in [0.29, 0.717) is 0 Å². The maximum absolute atomic E-state index is 15.4. The van der Waals surface area contributed by atoms with Crippen LogP contribution in [0.5, 0.6) is 0 Å². The molecule has 176 valence electrons. The molecule has 1 aromatic carbocycles. The highest BCUT2D eigenvalue weighted by molar-refractivity contribution is 6.35. The van der Waals surface area contributed by atoms with Crippen LogP contribution in [0.2, 0.25) is 5.02 Å². The zero-order chi connectivity index (χ0) is 24.2. The van der Waals surface area contributed by atoms with Crippen LogP contribution in [-0.2, 0) is 4.74 Å². The van der Waals surface area contributed by atoms with Gasteiger partial charge in [-0.1, -0.05) is 11.6 Å². The van der Waals surface area contributed by atoms with Gasteiger partial charge in [-0.2, -0.15) is 0 Å². The molecule has 0 saturated heterocycles. The summed E-state index contributed by atoms with van der Waals surface area (Å²) in [5.74, 6) is -1.81. The van der Waals surface area contributed by atoms with Crippen molar-refractivity contribution >= 4 is 41.1 Å². The van der Waals surface area contributed by atoms with Crippen molar-refractivity contribution in [3.05, 3.63) is 28.0 Å². The Balaban J connectivity index is 2.25. The van der Waals surface area contributed by atoms with E-state index in [0.717, 1.165) is 12.8 Å². The summed E-state index contributed by atoms with van der Waals surface area (Å²) in [6.45, 7) is 6.78. The Hall–Kier alpha value is -3.08. The Labute approximate surface area is 189 Å². The van der Waals surface area contributed by atoms with Gasteiger partial charge in [0.2, 0.25) is 0 Å². The summed E-state index contributed by atoms with van der Waals surface area (Å²) >= 11 is 6.20. The Morgan fingerprint density at radius 3 is 2.47 bits per heavy atom. The Morgan fingerprint density at radius 2 is 1.94 bits per heavy atom. The third-order valence-corrected chi connectivity index (χ3v) is 4.54. The molecule has 0 aromatic heterocycles. The van der Waals surface area contributed by atoms with Gasteiger partial charge in [0.05, 0.1) is 21.8 Å². The van der Waals surface area contributed by atoms with Crippen molar-refractivity contribution in [1.82, 2.24) is 16.2 Å². The Kier molecular flexibility index (Phi) is 7.89. The first-order chi connectivity index (χ1) is 14.8. The van der Waals surface area contributed by atoms with E-state index >= 15 is 4.39 Å². The van der Waals surface area contributed by atoms with Gasteiger partial charge in [0, 0.05) is 24.2 Å². The fourth-order valence-corrected chi connectivity index (χ4v) is 3.10. The second kappa shape index (κ2) is 10.0. The summed E-state index contributed by atoms with van der Waals surface area (Å²) in [7, 11) is 0. The van der Waals surface area contributed by atoms with Gasteiger partial charge in [-0.3, -0.25) is 10.2 Å². The van der Waals surface area contributed by atoms with Gasteiger partial charge in [-0.15, -0.1) is 0 Å². The van der Waals surface area contributed by atoms with Crippen LogP contribution in [0.3, 0.4) is 0 Å². The fraction of sp³-hybridized carbons (Fsp3) is 0.500. The zero-order valence-corrected chi connectivity index (χ0v) is 18.9. The highest BCUT2D eigenvalue weighted by Crippen LogP contribution is 2.34. The summed E-state index contributed by atoms with van der Waals surface area (Å²) in [4.78, 5) is 34.9. The molecule has 3 amide bonds. The van der Waals surface area contributed by atoms with Crippen molar-refractivity contribution in [2.75, 3.05) is 5.32 Å². The first-order valence-electron chi connectivity index (χ1n) is 9.93.